The van der Waals surface area contributed by atoms with E-state index in [0.29, 0.717) is 17.3 Å². The van der Waals surface area contributed by atoms with Crippen LogP contribution in [0.4, 0.5) is 0 Å². The Bertz CT molecular complexity index is 1060. The van der Waals surface area contributed by atoms with Gasteiger partial charge in [-0.2, -0.15) is 5.10 Å². The molecule has 0 atom stereocenters. The van der Waals surface area contributed by atoms with Gasteiger partial charge in [0.1, 0.15) is 5.75 Å². The summed E-state index contributed by atoms with van der Waals surface area (Å²) >= 11 is 6.39. The number of amides is 1. The molecule has 3 rings (SSSR count). The van der Waals surface area contributed by atoms with Crippen LogP contribution in [0.3, 0.4) is 0 Å². The summed E-state index contributed by atoms with van der Waals surface area (Å²) in [5, 5.41) is 5.18. The molecule has 0 fully saturated rings. The summed E-state index contributed by atoms with van der Waals surface area (Å²) in [5.74, 6) is 0.127. The van der Waals surface area contributed by atoms with Crippen molar-refractivity contribution >= 4 is 17.5 Å². The normalized spacial score (nSPS) is 11.1. The van der Waals surface area contributed by atoms with Crippen molar-refractivity contribution in [3.8, 4) is 16.9 Å². The summed E-state index contributed by atoms with van der Waals surface area (Å²) in [4.78, 5) is 13.4. The lowest BCUT2D eigenvalue weighted by Gasteiger charge is -2.20. The molecule has 6 nitrogen and oxygen atoms in total. The predicted molar refractivity (Wildman–Crippen MR) is 119 cm³/mol. The highest BCUT2D eigenvalue weighted by Crippen LogP contribution is 2.32. The number of carbonyl (C=O) groups excluding carboxylic acids is 1. The van der Waals surface area contributed by atoms with Gasteiger partial charge in [-0.25, -0.2) is 0 Å². The van der Waals surface area contributed by atoms with Crippen LogP contribution in [0.25, 0.3) is 11.1 Å². The Kier molecular flexibility index (Phi) is 6.80. The first-order chi connectivity index (χ1) is 14.3. The van der Waals surface area contributed by atoms with Gasteiger partial charge in [-0.05, 0) is 44.7 Å². The second-order valence-electron chi connectivity index (χ2n) is 7.50. The summed E-state index contributed by atoms with van der Waals surface area (Å²) < 4.78 is 7.57. The highest BCUT2D eigenvalue weighted by Gasteiger charge is 2.15. The van der Waals surface area contributed by atoms with E-state index in [1.807, 2.05) is 62.1 Å². The number of aryl methyl sites for hydroxylation is 2. The third-order valence-corrected chi connectivity index (χ3v) is 5.47. The summed E-state index contributed by atoms with van der Waals surface area (Å²) in [6, 6.07) is 13.6. The summed E-state index contributed by atoms with van der Waals surface area (Å²) in [6.45, 7) is 5.30. The molecule has 0 bridgehead atoms. The van der Waals surface area contributed by atoms with E-state index in [2.05, 4.69) is 23.0 Å². The van der Waals surface area contributed by atoms with Crippen molar-refractivity contribution in [1.29, 1.82) is 0 Å². The van der Waals surface area contributed by atoms with Crippen LogP contribution in [0.5, 0.6) is 5.75 Å². The van der Waals surface area contributed by atoms with Crippen molar-refractivity contribution in [1.82, 2.24) is 14.7 Å². The maximum absolute atomic E-state index is 11.2. The van der Waals surface area contributed by atoms with Crippen LogP contribution in [0.2, 0.25) is 5.02 Å². The maximum Gasteiger partial charge on any atom is 0.255 e. The minimum Gasteiger partial charge on any atom is -0.483 e. The number of halogens is 1. The molecule has 0 aliphatic carbocycles. The molecule has 0 spiro atoms. The topological polar surface area (TPSA) is 73.4 Å². The summed E-state index contributed by atoms with van der Waals surface area (Å²) in [7, 11) is 4.00. The van der Waals surface area contributed by atoms with Crippen molar-refractivity contribution in [2.75, 3.05) is 13.7 Å². The highest BCUT2D eigenvalue weighted by molar-refractivity contribution is 6.33. The molecule has 0 saturated carbocycles. The zero-order valence-corrected chi connectivity index (χ0v) is 18.5. The second kappa shape index (κ2) is 9.32. The van der Waals surface area contributed by atoms with Gasteiger partial charge >= 0.3 is 0 Å². The van der Waals surface area contributed by atoms with Crippen LogP contribution in [-0.2, 0) is 24.9 Å². The fourth-order valence-corrected chi connectivity index (χ4v) is 3.76. The maximum atomic E-state index is 11.2. The quantitative estimate of drug-likeness (QED) is 0.593. The molecule has 0 saturated heterocycles. The van der Waals surface area contributed by atoms with Gasteiger partial charge in [0.25, 0.3) is 5.91 Å². The lowest BCUT2D eigenvalue weighted by atomic mass is 10.0. The highest BCUT2D eigenvalue weighted by atomic mass is 35.5. The Labute approximate surface area is 182 Å². The first-order valence-electron chi connectivity index (χ1n) is 9.72. The number of nitrogens with two attached hydrogens (primary N) is 1. The molecular weight excluding hydrogens is 400 g/mol. The minimum absolute atomic E-state index is 0.164. The number of aromatic nitrogens is 2. The third-order valence-electron chi connectivity index (χ3n) is 5.14. The summed E-state index contributed by atoms with van der Waals surface area (Å²) in [5.41, 5.74) is 11.5. The SMILES string of the molecule is Cc1nn(C)c(C)c1CN(C)Cc1cc(-c2ccccc2Cl)ccc1OCC(N)=O. The van der Waals surface area contributed by atoms with Crippen LogP contribution < -0.4 is 10.5 Å². The molecule has 2 N–H and O–H groups in total. The molecule has 0 aliphatic rings. The second-order valence-corrected chi connectivity index (χ2v) is 7.91. The molecular formula is C23H27ClN4O2. The number of nitrogens with zero attached hydrogens (tertiary/aromatic N) is 3. The van der Waals surface area contributed by atoms with Gasteiger partial charge in [0.05, 0.1) is 5.69 Å². The fourth-order valence-electron chi connectivity index (χ4n) is 3.52. The largest absolute Gasteiger partial charge is 0.483 e. The molecule has 0 radical (unpaired) electrons. The van der Waals surface area contributed by atoms with Gasteiger partial charge in [0, 0.05) is 47.5 Å². The van der Waals surface area contributed by atoms with Crippen molar-refractivity contribution in [3.05, 3.63) is 70.0 Å². The number of primary amides is 1. The van der Waals surface area contributed by atoms with E-state index in [1.54, 1.807) is 0 Å². The summed E-state index contributed by atoms with van der Waals surface area (Å²) in [6.07, 6.45) is 0. The number of benzene rings is 2. The molecule has 0 unspecified atom stereocenters. The van der Waals surface area contributed by atoms with Crippen molar-refractivity contribution in [3.63, 3.8) is 0 Å². The first-order valence-corrected chi connectivity index (χ1v) is 10.1. The zero-order valence-electron chi connectivity index (χ0n) is 17.8. The molecule has 2 aromatic carbocycles. The van der Waals surface area contributed by atoms with Crippen LogP contribution in [0, 0.1) is 13.8 Å². The van der Waals surface area contributed by atoms with Gasteiger partial charge in [-0.15, -0.1) is 0 Å². The lowest BCUT2D eigenvalue weighted by Crippen LogP contribution is -2.22. The van der Waals surface area contributed by atoms with Crippen LogP contribution >= 0.6 is 11.6 Å². The Hall–Kier alpha value is -2.83. The number of hydrogen-bond donors (Lipinski definition) is 1. The van der Waals surface area contributed by atoms with Crippen molar-refractivity contribution in [2.24, 2.45) is 12.8 Å². The van der Waals surface area contributed by atoms with Gasteiger partial charge in [-0.3, -0.25) is 14.4 Å². The molecule has 7 heteroatoms. The Morgan fingerprint density at radius 1 is 1.20 bits per heavy atom. The monoisotopic (exact) mass is 426 g/mol. The fraction of sp³-hybridized carbons (Fsp3) is 0.304. The standard InChI is InChI=1S/C23H27ClN4O2/c1-15-20(16(2)28(4)26-15)13-27(3)12-18-11-17(19-7-5-6-8-21(19)24)9-10-22(18)30-14-23(25)29/h5-11H,12-14H2,1-4H3,(H2,25,29). The van der Waals surface area contributed by atoms with Gasteiger partial charge in [-0.1, -0.05) is 35.9 Å². The van der Waals surface area contributed by atoms with E-state index in [0.717, 1.165) is 34.6 Å². The molecule has 1 heterocycles. The molecule has 158 valence electrons. The molecule has 1 aromatic heterocycles. The average molecular weight is 427 g/mol. The Balaban J connectivity index is 1.90. The van der Waals surface area contributed by atoms with Crippen LogP contribution in [-0.4, -0.2) is 34.2 Å². The lowest BCUT2D eigenvalue weighted by molar-refractivity contribution is -0.119. The third kappa shape index (κ3) is 5.01. The van der Waals surface area contributed by atoms with Crippen LogP contribution in [0.1, 0.15) is 22.5 Å². The van der Waals surface area contributed by atoms with Crippen LogP contribution in [0.15, 0.2) is 42.5 Å². The molecule has 3 aromatic rings. The van der Waals surface area contributed by atoms with Crippen molar-refractivity contribution < 1.29 is 9.53 Å². The molecule has 0 aliphatic heterocycles. The minimum atomic E-state index is -0.508. The van der Waals surface area contributed by atoms with E-state index in [4.69, 9.17) is 22.1 Å². The smallest absolute Gasteiger partial charge is 0.255 e. The van der Waals surface area contributed by atoms with Crippen molar-refractivity contribution in [2.45, 2.75) is 26.9 Å². The number of ether oxygens (including phenoxy) is 1. The van der Waals surface area contributed by atoms with Gasteiger partial charge < -0.3 is 10.5 Å². The van der Waals surface area contributed by atoms with E-state index >= 15 is 0 Å². The van der Waals surface area contributed by atoms with E-state index in [1.165, 1.54) is 5.56 Å². The number of hydrogen-bond acceptors (Lipinski definition) is 4. The average Bonchev–Trinajstić information content (AvgIpc) is 2.93. The Morgan fingerprint density at radius 3 is 2.57 bits per heavy atom. The van der Waals surface area contributed by atoms with E-state index < -0.39 is 5.91 Å². The number of carbonyl (C=O) groups is 1. The molecule has 1 amide bonds. The Morgan fingerprint density at radius 2 is 1.93 bits per heavy atom. The van der Waals surface area contributed by atoms with Gasteiger partial charge in [0.2, 0.25) is 0 Å². The van der Waals surface area contributed by atoms with E-state index in [-0.39, 0.29) is 6.61 Å². The van der Waals surface area contributed by atoms with E-state index in [9.17, 15) is 4.79 Å². The number of rotatable bonds is 8. The first kappa shape index (κ1) is 21.9. The molecule has 30 heavy (non-hydrogen) atoms. The zero-order chi connectivity index (χ0) is 21.8. The predicted octanol–water partition coefficient (Wildman–Crippen LogP) is 3.85. The van der Waals surface area contributed by atoms with Gasteiger partial charge in [0.15, 0.2) is 6.61 Å².